The summed E-state index contributed by atoms with van der Waals surface area (Å²) in [5.41, 5.74) is 0. The van der Waals surface area contributed by atoms with Gasteiger partial charge in [0.1, 0.15) is 16.8 Å². The lowest BCUT2D eigenvalue weighted by Crippen LogP contribution is -2.15. The first-order valence-electron chi connectivity index (χ1n) is 6.64. The van der Waals surface area contributed by atoms with Crippen LogP contribution in [-0.4, -0.2) is 23.6 Å². The first-order chi connectivity index (χ1) is 9.06. The highest BCUT2D eigenvalue weighted by molar-refractivity contribution is 7.18. The first-order valence-corrected chi connectivity index (χ1v) is 7.45. The van der Waals surface area contributed by atoms with Crippen molar-refractivity contribution in [2.75, 3.05) is 19.0 Å². The largest absolute Gasteiger partial charge is 0.372 e. The minimum Gasteiger partial charge on any atom is -0.372 e. The van der Waals surface area contributed by atoms with E-state index in [1.807, 2.05) is 14.0 Å². The lowest BCUT2D eigenvalue weighted by Gasteiger charge is -2.20. The Morgan fingerprint density at radius 2 is 2.11 bits per heavy atom. The normalized spacial score (nSPS) is 13.2. The molecule has 0 aliphatic heterocycles. The van der Waals surface area contributed by atoms with Gasteiger partial charge in [-0.2, -0.15) is 0 Å². The summed E-state index contributed by atoms with van der Waals surface area (Å²) in [4.78, 5) is 11.6. The molecule has 0 aliphatic carbocycles. The summed E-state index contributed by atoms with van der Waals surface area (Å²) in [5, 5.41) is 4.25. The first kappa shape index (κ1) is 14.2. The van der Waals surface area contributed by atoms with Crippen LogP contribution in [0.25, 0.3) is 10.2 Å². The van der Waals surface area contributed by atoms with E-state index in [9.17, 15) is 0 Å². The molecule has 0 fully saturated rings. The van der Waals surface area contributed by atoms with Crippen molar-refractivity contribution in [1.29, 1.82) is 0 Å². The van der Waals surface area contributed by atoms with Crippen LogP contribution >= 0.6 is 11.3 Å². The van der Waals surface area contributed by atoms with Crippen LogP contribution in [0.5, 0.6) is 0 Å². The predicted octanol–water partition coefficient (Wildman–Crippen LogP) is 3.78. The van der Waals surface area contributed by atoms with Gasteiger partial charge in [0.05, 0.1) is 5.39 Å². The number of nitrogens with one attached hydrogen (secondary N) is 1. The molecule has 0 saturated heterocycles. The third kappa shape index (κ3) is 2.87. The number of hydrogen-bond acceptors (Lipinski definition) is 5. The van der Waals surface area contributed by atoms with Crippen LogP contribution in [0.1, 0.15) is 37.6 Å². The van der Waals surface area contributed by atoms with Gasteiger partial charge in [0.15, 0.2) is 5.82 Å². The molecule has 0 radical (unpaired) electrons. The molecule has 0 bridgehead atoms. The highest BCUT2D eigenvalue weighted by atomic mass is 32.1. The molecule has 1 unspecified atom stereocenters. The van der Waals surface area contributed by atoms with Crippen molar-refractivity contribution in [3.05, 3.63) is 16.8 Å². The SMILES string of the molecule is CCOC(c1nc(NC)c2cc(C)sc2n1)C(C)C. The maximum atomic E-state index is 5.80. The monoisotopic (exact) mass is 279 g/mol. The van der Waals surface area contributed by atoms with Gasteiger partial charge in [-0.3, -0.25) is 0 Å². The molecule has 2 rings (SSSR count). The van der Waals surface area contributed by atoms with Gasteiger partial charge >= 0.3 is 0 Å². The molecule has 5 heteroatoms. The quantitative estimate of drug-likeness (QED) is 0.905. The summed E-state index contributed by atoms with van der Waals surface area (Å²) >= 11 is 1.70. The second-order valence-electron chi connectivity index (χ2n) is 4.88. The molecule has 2 aromatic rings. The summed E-state index contributed by atoms with van der Waals surface area (Å²) in [6.45, 7) is 9.03. The highest BCUT2D eigenvalue weighted by Gasteiger charge is 2.21. The Morgan fingerprint density at radius 3 is 2.68 bits per heavy atom. The Bertz CT molecular complexity index is 565. The maximum Gasteiger partial charge on any atom is 0.161 e. The third-order valence-electron chi connectivity index (χ3n) is 2.98. The van der Waals surface area contributed by atoms with Crippen LogP contribution in [0.3, 0.4) is 0 Å². The zero-order valence-electron chi connectivity index (χ0n) is 12.2. The van der Waals surface area contributed by atoms with Crippen molar-refractivity contribution < 1.29 is 4.74 Å². The molecule has 104 valence electrons. The fourth-order valence-corrected chi connectivity index (χ4v) is 3.01. The van der Waals surface area contributed by atoms with Crippen LogP contribution in [0.2, 0.25) is 0 Å². The molecule has 0 spiro atoms. The Morgan fingerprint density at radius 1 is 1.37 bits per heavy atom. The molecule has 1 atom stereocenters. The van der Waals surface area contributed by atoms with Gasteiger partial charge in [0, 0.05) is 18.5 Å². The smallest absolute Gasteiger partial charge is 0.161 e. The van der Waals surface area contributed by atoms with Crippen molar-refractivity contribution in [1.82, 2.24) is 9.97 Å². The fraction of sp³-hybridized carbons (Fsp3) is 0.571. The minimum atomic E-state index is -0.0519. The topological polar surface area (TPSA) is 47.0 Å². The van der Waals surface area contributed by atoms with Gasteiger partial charge in [0.25, 0.3) is 0 Å². The van der Waals surface area contributed by atoms with Gasteiger partial charge < -0.3 is 10.1 Å². The number of thiophene rings is 1. The summed E-state index contributed by atoms with van der Waals surface area (Å²) in [7, 11) is 1.89. The van der Waals surface area contributed by atoms with Crippen molar-refractivity contribution in [3.8, 4) is 0 Å². The number of aromatic nitrogens is 2. The van der Waals surface area contributed by atoms with E-state index in [2.05, 4.69) is 42.1 Å². The lowest BCUT2D eigenvalue weighted by molar-refractivity contribution is 0.0236. The van der Waals surface area contributed by atoms with Gasteiger partial charge in [-0.05, 0) is 25.8 Å². The van der Waals surface area contributed by atoms with Gasteiger partial charge in [-0.1, -0.05) is 13.8 Å². The van der Waals surface area contributed by atoms with E-state index in [1.54, 1.807) is 11.3 Å². The standard InChI is InChI=1S/C14H21N3OS/c1-6-18-11(8(2)3)13-16-12(15-5)10-7-9(4)19-14(10)17-13/h7-8,11H,6H2,1-5H3,(H,15,16,17). The molecule has 4 nitrogen and oxygen atoms in total. The molecular weight excluding hydrogens is 258 g/mol. The number of rotatable bonds is 5. The number of anilines is 1. The van der Waals surface area contributed by atoms with Crippen LogP contribution in [-0.2, 0) is 4.74 Å². The summed E-state index contributed by atoms with van der Waals surface area (Å²) in [6, 6.07) is 2.13. The fourth-order valence-electron chi connectivity index (χ4n) is 2.12. The van der Waals surface area contributed by atoms with Crippen molar-refractivity contribution in [2.24, 2.45) is 5.92 Å². The molecule has 2 aromatic heterocycles. The Hall–Kier alpha value is -1.20. The molecular formula is C14H21N3OS. The number of hydrogen-bond donors (Lipinski definition) is 1. The average Bonchev–Trinajstić information content (AvgIpc) is 2.74. The Labute approximate surface area is 118 Å². The Kier molecular flexibility index (Phi) is 4.37. The lowest BCUT2D eigenvalue weighted by atomic mass is 10.1. The van der Waals surface area contributed by atoms with E-state index in [4.69, 9.17) is 4.74 Å². The Balaban J connectivity index is 2.53. The number of fused-ring (bicyclic) bond motifs is 1. The van der Waals surface area contributed by atoms with E-state index >= 15 is 0 Å². The summed E-state index contributed by atoms with van der Waals surface area (Å²) in [6.07, 6.45) is -0.0519. The van der Waals surface area contributed by atoms with Crippen LogP contribution in [0, 0.1) is 12.8 Å². The molecule has 0 aromatic carbocycles. The van der Waals surface area contributed by atoms with Gasteiger partial charge in [-0.25, -0.2) is 9.97 Å². The van der Waals surface area contributed by atoms with Gasteiger partial charge in [0.2, 0.25) is 0 Å². The molecule has 0 saturated carbocycles. The zero-order chi connectivity index (χ0) is 14.0. The van der Waals surface area contributed by atoms with E-state index in [1.165, 1.54) is 4.88 Å². The van der Waals surface area contributed by atoms with Crippen LogP contribution < -0.4 is 5.32 Å². The molecule has 1 N–H and O–H groups in total. The number of aryl methyl sites for hydroxylation is 1. The highest BCUT2D eigenvalue weighted by Crippen LogP contribution is 2.31. The number of ether oxygens (including phenoxy) is 1. The summed E-state index contributed by atoms with van der Waals surface area (Å²) in [5.74, 6) is 2.01. The van der Waals surface area contributed by atoms with E-state index in [0.717, 1.165) is 21.9 Å². The molecule has 0 aliphatic rings. The van der Waals surface area contributed by atoms with E-state index < -0.39 is 0 Å². The van der Waals surface area contributed by atoms with E-state index in [0.29, 0.717) is 12.5 Å². The summed E-state index contributed by atoms with van der Waals surface area (Å²) < 4.78 is 5.80. The maximum absolute atomic E-state index is 5.80. The second-order valence-corrected chi connectivity index (χ2v) is 6.11. The van der Waals surface area contributed by atoms with Gasteiger partial charge in [-0.15, -0.1) is 11.3 Å². The zero-order valence-corrected chi connectivity index (χ0v) is 13.0. The minimum absolute atomic E-state index is 0.0519. The molecule has 19 heavy (non-hydrogen) atoms. The van der Waals surface area contributed by atoms with Crippen LogP contribution in [0.15, 0.2) is 6.07 Å². The average molecular weight is 279 g/mol. The second kappa shape index (κ2) is 5.84. The van der Waals surface area contributed by atoms with Crippen molar-refractivity contribution >= 4 is 27.4 Å². The third-order valence-corrected chi connectivity index (χ3v) is 3.92. The van der Waals surface area contributed by atoms with Crippen LogP contribution in [0.4, 0.5) is 5.82 Å². The van der Waals surface area contributed by atoms with Crippen molar-refractivity contribution in [3.63, 3.8) is 0 Å². The predicted molar refractivity (Wildman–Crippen MR) is 80.9 cm³/mol. The van der Waals surface area contributed by atoms with E-state index in [-0.39, 0.29) is 6.10 Å². The molecule has 2 heterocycles. The molecule has 0 amide bonds. The van der Waals surface area contributed by atoms with Crippen molar-refractivity contribution in [2.45, 2.75) is 33.8 Å². The number of nitrogens with zero attached hydrogens (tertiary/aromatic N) is 2.